The van der Waals surface area contributed by atoms with E-state index in [9.17, 15) is 0 Å². The van der Waals surface area contributed by atoms with Gasteiger partial charge in [-0.25, -0.2) is 0 Å². The molecule has 13 heavy (non-hydrogen) atoms. The lowest BCUT2D eigenvalue weighted by molar-refractivity contribution is 0.236. The number of rotatable bonds is 2. The van der Waals surface area contributed by atoms with Gasteiger partial charge in [0.05, 0.1) is 6.07 Å². The van der Waals surface area contributed by atoms with Crippen LogP contribution in [0.1, 0.15) is 11.7 Å². The first-order chi connectivity index (χ1) is 6.15. The summed E-state index contributed by atoms with van der Waals surface area (Å²) in [5.41, 5.74) is 0.765. The molecule has 0 fully saturated rings. The molecule has 5 heteroatoms. The van der Waals surface area contributed by atoms with Crippen molar-refractivity contribution in [1.29, 1.82) is 5.26 Å². The highest BCUT2D eigenvalue weighted by Crippen LogP contribution is 2.09. The summed E-state index contributed by atoms with van der Waals surface area (Å²) in [6.07, 6.45) is -1.16. The molecule has 1 unspecified atom stereocenters. The summed E-state index contributed by atoms with van der Waals surface area (Å²) >= 11 is 0. The topological polar surface area (TPSA) is 84.5 Å². The van der Waals surface area contributed by atoms with Crippen molar-refractivity contribution in [2.24, 2.45) is 0 Å². The molecule has 0 saturated carbocycles. The third kappa shape index (κ3) is 2.29. The molecule has 66 valence electrons. The first-order valence-corrected chi connectivity index (χ1v) is 3.69. The van der Waals surface area contributed by atoms with Crippen LogP contribution < -0.4 is 5.46 Å². The van der Waals surface area contributed by atoms with Gasteiger partial charge in [0, 0.05) is 0 Å². The van der Waals surface area contributed by atoms with Crippen molar-refractivity contribution < 1.29 is 15.2 Å². The van der Waals surface area contributed by atoms with Crippen LogP contribution in [0.15, 0.2) is 24.3 Å². The molecule has 0 amide bonds. The Kier molecular flexibility index (Phi) is 3.04. The largest absolute Gasteiger partial charge is 0.488 e. The van der Waals surface area contributed by atoms with Crippen molar-refractivity contribution in [1.82, 2.24) is 0 Å². The standard InChI is InChI=1S/C8H8BNO3/c10-5-8(11)6-1-3-7(4-2-6)9(12)13/h1-4,8,11-13H. The molecule has 1 rings (SSSR count). The molecule has 0 bridgehead atoms. The number of benzene rings is 1. The fourth-order valence-electron chi connectivity index (χ4n) is 0.925. The third-order valence-corrected chi connectivity index (χ3v) is 1.67. The van der Waals surface area contributed by atoms with E-state index in [2.05, 4.69) is 0 Å². The van der Waals surface area contributed by atoms with Crippen LogP contribution in [0.5, 0.6) is 0 Å². The van der Waals surface area contributed by atoms with E-state index in [0.717, 1.165) is 0 Å². The van der Waals surface area contributed by atoms with Crippen LogP contribution in [0.4, 0.5) is 0 Å². The normalized spacial score (nSPS) is 11.8. The molecule has 0 saturated heterocycles. The highest BCUT2D eigenvalue weighted by Gasteiger charge is 2.11. The van der Waals surface area contributed by atoms with Gasteiger partial charge in [-0.1, -0.05) is 24.3 Å². The molecule has 1 aromatic rings. The zero-order valence-corrected chi connectivity index (χ0v) is 6.75. The van der Waals surface area contributed by atoms with Gasteiger partial charge in [-0.05, 0) is 11.0 Å². The van der Waals surface area contributed by atoms with Gasteiger partial charge >= 0.3 is 7.12 Å². The summed E-state index contributed by atoms with van der Waals surface area (Å²) in [4.78, 5) is 0. The van der Waals surface area contributed by atoms with E-state index in [-0.39, 0.29) is 0 Å². The molecule has 1 aromatic carbocycles. The van der Waals surface area contributed by atoms with Crippen LogP contribution in [0.2, 0.25) is 0 Å². The molecule has 0 aromatic heterocycles. The monoisotopic (exact) mass is 177 g/mol. The second-order valence-electron chi connectivity index (χ2n) is 2.57. The van der Waals surface area contributed by atoms with Crippen LogP contribution >= 0.6 is 0 Å². The van der Waals surface area contributed by atoms with E-state index in [0.29, 0.717) is 11.0 Å². The summed E-state index contributed by atoms with van der Waals surface area (Å²) in [6.45, 7) is 0. The molecule has 4 nitrogen and oxygen atoms in total. The van der Waals surface area contributed by atoms with Gasteiger partial charge in [-0.3, -0.25) is 0 Å². The Morgan fingerprint density at radius 1 is 1.23 bits per heavy atom. The van der Waals surface area contributed by atoms with Crippen LogP contribution in [-0.4, -0.2) is 22.3 Å². The first kappa shape index (κ1) is 9.74. The Labute approximate surface area is 75.8 Å². The predicted octanol–water partition coefficient (Wildman–Crippen LogP) is -1.08. The summed E-state index contributed by atoms with van der Waals surface area (Å²) < 4.78 is 0. The van der Waals surface area contributed by atoms with Gasteiger partial charge < -0.3 is 15.2 Å². The molecular formula is C8H8BNO3. The Bertz CT molecular complexity index is 317. The summed E-state index contributed by atoms with van der Waals surface area (Å²) in [5.74, 6) is 0. The lowest BCUT2D eigenvalue weighted by atomic mass is 9.80. The van der Waals surface area contributed by atoms with Crippen LogP contribution in [-0.2, 0) is 0 Å². The molecule has 0 radical (unpaired) electrons. The van der Waals surface area contributed by atoms with Gasteiger partial charge in [0.25, 0.3) is 0 Å². The second kappa shape index (κ2) is 4.05. The zero-order chi connectivity index (χ0) is 9.84. The van der Waals surface area contributed by atoms with Crippen LogP contribution in [0.3, 0.4) is 0 Å². The molecule has 3 N–H and O–H groups in total. The summed E-state index contributed by atoms with van der Waals surface area (Å²) in [6, 6.07) is 7.50. The Morgan fingerprint density at radius 2 is 1.77 bits per heavy atom. The van der Waals surface area contributed by atoms with Gasteiger partial charge in [0.1, 0.15) is 0 Å². The predicted molar refractivity (Wildman–Crippen MR) is 46.8 cm³/mol. The molecule has 0 aliphatic rings. The summed E-state index contributed by atoms with van der Waals surface area (Å²) in [5, 5.41) is 34.9. The van der Waals surface area contributed by atoms with E-state index >= 15 is 0 Å². The van der Waals surface area contributed by atoms with Gasteiger partial charge in [0.15, 0.2) is 6.10 Å². The van der Waals surface area contributed by atoms with Crippen molar-refractivity contribution in [3.63, 3.8) is 0 Å². The van der Waals surface area contributed by atoms with Gasteiger partial charge in [-0.15, -0.1) is 0 Å². The minimum Gasteiger partial charge on any atom is -0.423 e. The number of nitrogens with zero attached hydrogens (tertiary/aromatic N) is 1. The van der Waals surface area contributed by atoms with Crippen molar-refractivity contribution in [2.45, 2.75) is 6.10 Å². The maximum atomic E-state index is 9.07. The fraction of sp³-hybridized carbons (Fsp3) is 0.125. The van der Waals surface area contributed by atoms with E-state index in [4.69, 9.17) is 20.4 Å². The SMILES string of the molecule is N#CC(O)c1ccc(B(O)O)cc1. The van der Waals surface area contributed by atoms with Crippen molar-refractivity contribution >= 4 is 12.6 Å². The number of hydrogen-bond donors (Lipinski definition) is 3. The highest BCUT2D eigenvalue weighted by molar-refractivity contribution is 6.58. The second-order valence-corrected chi connectivity index (χ2v) is 2.57. The van der Waals surface area contributed by atoms with Gasteiger partial charge in [0.2, 0.25) is 0 Å². The minimum atomic E-state index is -1.52. The molecule has 0 heterocycles. The molecule has 0 spiro atoms. The lowest BCUT2D eigenvalue weighted by Crippen LogP contribution is -2.29. The number of aliphatic hydroxyl groups is 1. The van der Waals surface area contributed by atoms with E-state index < -0.39 is 13.2 Å². The maximum Gasteiger partial charge on any atom is 0.488 e. The van der Waals surface area contributed by atoms with Crippen LogP contribution in [0, 0.1) is 11.3 Å². The fourth-order valence-corrected chi connectivity index (χ4v) is 0.925. The van der Waals surface area contributed by atoms with Crippen molar-refractivity contribution in [2.75, 3.05) is 0 Å². The number of nitriles is 1. The molecule has 0 aliphatic heterocycles. The maximum absolute atomic E-state index is 9.07. The molecule has 0 aliphatic carbocycles. The highest BCUT2D eigenvalue weighted by atomic mass is 16.4. The molecular weight excluding hydrogens is 169 g/mol. The average molecular weight is 177 g/mol. The van der Waals surface area contributed by atoms with Crippen LogP contribution in [0.25, 0.3) is 0 Å². The Balaban J connectivity index is 2.89. The number of aliphatic hydroxyl groups excluding tert-OH is 1. The minimum absolute atomic E-state index is 0.328. The third-order valence-electron chi connectivity index (χ3n) is 1.67. The first-order valence-electron chi connectivity index (χ1n) is 3.69. The summed E-state index contributed by atoms with van der Waals surface area (Å²) in [7, 11) is -1.52. The van der Waals surface area contributed by atoms with E-state index in [1.165, 1.54) is 24.3 Å². The molecule has 1 atom stereocenters. The average Bonchev–Trinajstić information content (AvgIpc) is 2.17. The Morgan fingerprint density at radius 3 is 2.15 bits per heavy atom. The van der Waals surface area contributed by atoms with Crippen molar-refractivity contribution in [3.05, 3.63) is 29.8 Å². The van der Waals surface area contributed by atoms with E-state index in [1.54, 1.807) is 6.07 Å². The smallest absolute Gasteiger partial charge is 0.423 e. The van der Waals surface area contributed by atoms with Gasteiger partial charge in [-0.2, -0.15) is 5.26 Å². The quantitative estimate of drug-likeness (QED) is 0.396. The van der Waals surface area contributed by atoms with Crippen molar-refractivity contribution in [3.8, 4) is 6.07 Å². The number of hydrogen-bond acceptors (Lipinski definition) is 4. The zero-order valence-electron chi connectivity index (χ0n) is 6.75. The lowest BCUT2D eigenvalue weighted by Gasteiger charge is -2.03. The van der Waals surface area contributed by atoms with E-state index in [1.807, 2.05) is 0 Å². The Hall–Kier alpha value is -1.35.